The predicted octanol–water partition coefficient (Wildman–Crippen LogP) is 3.64. The summed E-state index contributed by atoms with van der Waals surface area (Å²) in [6, 6.07) is 12.6. The molecule has 188 valence electrons. The van der Waals surface area contributed by atoms with E-state index < -0.39 is 17.9 Å². The molecule has 1 aliphatic rings. The molecule has 0 spiro atoms. The van der Waals surface area contributed by atoms with Crippen molar-refractivity contribution >= 4 is 23.4 Å². The predicted molar refractivity (Wildman–Crippen MR) is 134 cm³/mol. The number of carbonyl (C=O) groups is 3. The molecule has 3 amide bonds. The van der Waals surface area contributed by atoms with Crippen LogP contribution in [0.4, 0.5) is 5.69 Å². The molecule has 0 bridgehead atoms. The molecular formula is C27H30N4O5. The molecule has 1 aromatic carbocycles. The number of hydrogen-bond acceptors (Lipinski definition) is 6. The van der Waals surface area contributed by atoms with Gasteiger partial charge in [-0.1, -0.05) is 25.0 Å². The molecule has 2 heterocycles. The van der Waals surface area contributed by atoms with Crippen LogP contribution in [0.2, 0.25) is 0 Å². The van der Waals surface area contributed by atoms with Crippen molar-refractivity contribution in [2.75, 3.05) is 18.1 Å². The summed E-state index contributed by atoms with van der Waals surface area (Å²) in [7, 11) is 0. The summed E-state index contributed by atoms with van der Waals surface area (Å²) in [6.45, 7) is 1.88. The Bertz CT molecular complexity index is 1160. The van der Waals surface area contributed by atoms with Gasteiger partial charge in [-0.2, -0.15) is 0 Å². The summed E-state index contributed by atoms with van der Waals surface area (Å²) >= 11 is 0. The normalized spacial score (nSPS) is 14.1. The molecule has 36 heavy (non-hydrogen) atoms. The van der Waals surface area contributed by atoms with Crippen molar-refractivity contribution in [3.8, 4) is 5.75 Å². The lowest BCUT2D eigenvalue weighted by Gasteiger charge is -2.33. The smallest absolute Gasteiger partial charge is 0.287 e. The van der Waals surface area contributed by atoms with Gasteiger partial charge in [0.1, 0.15) is 11.8 Å². The second kappa shape index (κ2) is 12.0. The molecule has 1 atom stereocenters. The Labute approximate surface area is 209 Å². The number of carbonyl (C=O) groups excluding carboxylic acids is 3. The number of para-hydroxylation sites is 2. The zero-order valence-corrected chi connectivity index (χ0v) is 20.2. The zero-order valence-electron chi connectivity index (χ0n) is 20.2. The Kier molecular flexibility index (Phi) is 8.33. The number of nitrogens with one attached hydrogen (secondary N) is 2. The van der Waals surface area contributed by atoms with E-state index in [4.69, 9.17) is 9.15 Å². The van der Waals surface area contributed by atoms with Gasteiger partial charge in [-0.05, 0) is 61.7 Å². The van der Waals surface area contributed by atoms with Crippen LogP contribution in [0.15, 0.2) is 71.6 Å². The van der Waals surface area contributed by atoms with Crippen LogP contribution in [0.3, 0.4) is 0 Å². The maximum absolute atomic E-state index is 13.8. The minimum Gasteiger partial charge on any atom is -0.492 e. The third-order valence-electron chi connectivity index (χ3n) is 6.07. The van der Waals surface area contributed by atoms with Crippen LogP contribution in [-0.2, 0) is 9.59 Å². The van der Waals surface area contributed by atoms with Crippen molar-refractivity contribution in [3.05, 3.63) is 78.5 Å². The van der Waals surface area contributed by atoms with E-state index in [1.807, 2.05) is 6.92 Å². The van der Waals surface area contributed by atoms with E-state index in [0.717, 1.165) is 25.7 Å². The number of ether oxygens (including phenoxy) is 1. The molecule has 2 N–H and O–H groups in total. The summed E-state index contributed by atoms with van der Waals surface area (Å²) in [5, 5.41) is 5.72. The maximum Gasteiger partial charge on any atom is 0.287 e. The minimum atomic E-state index is -0.997. The second-order valence-corrected chi connectivity index (χ2v) is 8.50. The molecule has 9 nitrogen and oxygen atoms in total. The van der Waals surface area contributed by atoms with Crippen LogP contribution in [0.5, 0.6) is 5.75 Å². The average Bonchev–Trinajstić information content (AvgIpc) is 3.62. The molecule has 1 saturated carbocycles. The summed E-state index contributed by atoms with van der Waals surface area (Å²) in [6.07, 6.45) is 8.46. The highest BCUT2D eigenvalue weighted by molar-refractivity contribution is 6.05. The molecule has 0 unspecified atom stereocenters. The van der Waals surface area contributed by atoms with Crippen molar-refractivity contribution in [3.63, 3.8) is 0 Å². The first-order chi connectivity index (χ1) is 17.6. The molecule has 1 fully saturated rings. The molecule has 0 radical (unpaired) electrons. The van der Waals surface area contributed by atoms with Crippen LogP contribution in [0.1, 0.15) is 54.8 Å². The maximum atomic E-state index is 13.8. The lowest BCUT2D eigenvalue weighted by atomic mass is 10.0. The van der Waals surface area contributed by atoms with E-state index in [9.17, 15) is 14.4 Å². The highest BCUT2D eigenvalue weighted by Crippen LogP contribution is 2.35. The Morgan fingerprint density at radius 3 is 2.53 bits per heavy atom. The number of aromatic nitrogens is 1. The van der Waals surface area contributed by atoms with Crippen molar-refractivity contribution in [2.45, 2.75) is 44.7 Å². The van der Waals surface area contributed by atoms with Crippen molar-refractivity contribution in [1.82, 2.24) is 15.6 Å². The molecule has 0 aliphatic heterocycles. The fourth-order valence-electron chi connectivity index (χ4n) is 4.40. The van der Waals surface area contributed by atoms with E-state index in [2.05, 4.69) is 15.6 Å². The van der Waals surface area contributed by atoms with Crippen LogP contribution < -0.4 is 20.3 Å². The molecule has 4 rings (SSSR count). The monoisotopic (exact) mass is 490 g/mol. The molecule has 0 saturated heterocycles. The van der Waals surface area contributed by atoms with Gasteiger partial charge in [0.25, 0.3) is 5.91 Å². The summed E-state index contributed by atoms with van der Waals surface area (Å²) < 4.78 is 10.9. The van der Waals surface area contributed by atoms with E-state index in [-0.39, 0.29) is 24.3 Å². The van der Waals surface area contributed by atoms with Crippen molar-refractivity contribution in [2.24, 2.45) is 0 Å². The fourth-order valence-corrected chi connectivity index (χ4v) is 4.40. The summed E-state index contributed by atoms with van der Waals surface area (Å²) in [5.74, 6) is -0.759. The van der Waals surface area contributed by atoms with E-state index in [1.165, 1.54) is 17.2 Å². The Morgan fingerprint density at radius 2 is 1.83 bits per heavy atom. The number of pyridine rings is 1. The van der Waals surface area contributed by atoms with Crippen LogP contribution in [0, 0.1) is 0 Å². The lowest BCUT2D eigenvalue weighted by Crippen LogP contribution is -2.49. The topological polar surface area (TPSA) is 114 Å². The lowest BCUT2D eigenvalue weighted by molar-refractivity contribution is -0.126. The highest BCUT2D eigenvalue weighted by atomic mass is 16.5. The Balaban J connectivity index is 1.71. The third kappa shape index (κ3) is 5.91. The first-order valence-corrected chi connectivity index (χ1v) is 12.1. The first kappa shape index (κ1) is 25.0. The average molecular weight is 491 g/mol. The van der Waals surface area contributed by atoms with Crippen LogP contribution in [-0.4, -0.2) is 41.9 Å². The number of rotatable bonds is 10. The van der Waals surface area contributed by atoms with Gasteiger partial charge < -0.3 is 19.8 Å². The van der Waals surface area contributed by atoms with E-state index in [1.54, 1.807) is 54.9 Å². The van der Waals surface area contributed by atoms with Crippen LogP contribution in [0.25, 0.3) is 0 Å². The Morgan fingerprint density at radius 1 is 1.08 bits per heavy atom. The Hall–Kier alpha value is -4.14. The number of benzene rings is 1. The second-order valence-electron chi connectivity index (χ2n) is 8.50. The highest BCUT2D eigenvalue weighted by Gasteiger charge is 2.35. The first-order valence-electron chi connectivity index (χ1n) is 12.1. The number of furan rings is 1. The van der Waals surface area contributed by atoms with Gasteiger partial charge >= 0.3 is 0 Å². The number of nitrogens with zero attached hydrogens (tertiary/aromatic N) is 2. The molecular weight excluding hydrogens is 460 g/mol. The fraction of sp³-hybridized carbons (Fsp3) is 0.333. The third-order valence-corrected chi connectivity index (χ3v) is 6.07. The van der Waals surface area contributed by atoms with E-state index in [0.29, 0.717) is 23.6 Å². The minimum absolute atomic E-state index is 0.0552. The largest absolute Gasteiger partial charge is 0.492 e. The molecule has 3 aromatic rings. The zero-order chi connectivity index (χ0) is 25.3. The van der Waals surface area contributed by atoms with Gasteiger partial charge in [0.15, 0.2) is 5.76 Å². The van der Waals surface area contributed by atoms with Gasteiger partial charge in [0, 0.05) is 18.4 Å². The van der Waals surface area contributed by atoms with Gasteiger partial charge in [0.05, 0.1) is 25.1 Å². The number of hydrogen-bond donors (Lipinski definition) is 2. The molecule has 2 aromatic heterocycles. The van der Waals surface area contributed by atoms with Gasteiger partial charge in [-0.3, -0.25) is 24.3 Å². The molecule has 9 heteroatoms. The van der Waals surface area contributed by atoms with Gasteiger partial charge in [0.2, 0.25) is 11.8 Å². The van der Waals surface area contributed by atoms with Crippen LogP contribution >= 0.6 is 0 Å². The summed E-state index contributed by atoms with van der Waals surface area (Å²) in [4.78, 5) is 45.4. The van der Waals surface area contributed by atoms with Gasteiger partial charge in [-0.25, -0.2) is 0 Å². The van der Waals surface area contributed by atoms with E-state index >= 15 is 0 Å². The number of amides is 3. The summed E-state index contributed by atoms with van der Waals surface area (Å²) in [5.41, 5.74) is 1.03. The quantitative estimate of drug-likeness (QED) is 0.449. The van der Waals surface area contributed by atoms with Gasteiger partial charge in [-0.15, -0.1) is 0 Å². The SMILES string of the molecule is CCOc1ccccc1N(C(=O)CNC(=O)c1ccco1)[C@@H](C(=O)NC1CCCC1)c1ccncc1. The standard InChI is InChI=1S/C27H30N4O5/c1-2-35-22-11-6-5-10-21(22)31(24(32)18-29-26(33)23-12-7-17-36-23)25(19-13-15-28-16-14-19)27(34)30-20-8-3-4-9-20/h5-7,10-17,20,25H,2-4,8-9,18H2,1H3,(H,29,33)(H,30,34)/t25-/m1/s1. The molecule has 1 aliphatic carbocycles. The number of anilines is 1. The van der Waals surface area contributed by atoms with Crippen molar-refractivity contribution < 1.29 is 23.5 Å². The van der Waals surface area contributed by atoms with Crippen molar-refractivity contribution in [1.29, 1.82) is 0 Å².